The number of amides is 1. The van der Waals surface area contributed by atoms with E-state index in [1.54, 1.807) is 36.4 Å². The lowest BCUT2D eigenvalue weighted by atomic mass is 10.0. The first kappa shape index (κ1) is 21.3. The van der Waals surface area contributed by atoms with Crippen LogP contribution in [0.25, 0.3) is 11.1 Å². The van der Waals surface area contributed by atoms with Gasteiger partial charge in [-0.25, -0.2) is 8.42 Å². The van der Waals surface area contributed by atoms with Crippen LogP contribution in [0.3, 0.4) is 0 Å². The Morgan fingerprint density at radius 3 is 1.81 bits per heavy atom. The largest absolute Gasteiger partial charge is 0.326 e. The minimum atomic E-state index is -3.70. The lowest BCUT2D eigenvalue weighted by molar-refractivity contribution is -0.115. The molecule has 0 aromatic heterocycles. The molecule has 0 saturated carbocycles. The maximum atomic E-state index is 12.5. The van der Waals surface area contributed by atoms with Gasteiger partial charge in [0.1, 0.15) is 0 Å². The molecular formula is C26H22N2O3S. The highest BCUT2D eigenvalue weighted by Gasteiger charge is 2.14. The average molecular weight is 443 g/mol. The Labute approximate surface area is 187 Å². The maximum Gasteiger partial charge on any atom is 0.261 e. The predicted octanol–water partition coefficient (Wildman–Crippen LogP) is 5.34. The molecule has 4 rings (SSSR count). The van der Waals surface area contributed by atoms with Crippen LogP contribution in [0, 0.1) is 0 Å². The van der Waals surface area contributed by atoms with E-state index in [0.29, 0.717) is 11.4 Å². The normalized spacial score (nSPS) is 11.0. The van der Waals surface area contributed by atoms with Crippen molar-refractivity contribution in [1.29, 1.82) is 0 Å². The second kappa shape index (κ2) is 9.49. The lowest BCUT2D eigenvalue weighted by Crippen LogP contribution is -2.15. The third-order valence-electron chi connectivity index (χ3n) is 4.90. The Kier molecular flexibility index (Phi) is 6.33. The molecule has 1 amide bonds. The maximum absolute atomic E-state index is 12.5. The van der Waals surface area contributed by atoms with Crippen LogP contribution in [0.1, 0.15) is 5.56 Å². The van der Waals surface area contributed by atoms with Crippen molar-refractivity contribution in [2.24, 2.45) is 0 Å². The Balaban J connectivity index is 1.36. The van der Waals surface area contributed by atoms with Gasteiger partial charge in [0, 0.05) is 11.4 Å². The first-order valence-electron chi connectivity index (χ1n) is 10.1. The molecular weight excluding hydrogens is 420 g/mol. The van der Waals surface area contributed by atoms with Crippen LogP contribution < -0.4 is 10.0 Å². The van der Waals surface area contributed by atoms with Gasteiger partial charge >= 0.3 is 0 Å². The molecule has 4 aromatic carbocycles. The van der Waals surface area contributed by atoms with Crippen molar-refractivity contribution in [2.45, 2.75) is 11.3 Å². The lowest BCUT2D eigenvalue weighted by Gasteiger charge is -2.10. The van der Waals surface area contributed by atoms with E-state index >= 15 is 0 Å². The second-order valence-corrected chi connectivity index (χ2v) is 8.97. The molecule has 160 valence electrons. The summed E-state index contributed by atoms with van der Waals surface area (Å²) in [5.41, 5.74) is 4.14. The number of para-hydroxylation sites is 1. The van der Waals surface area contributed by atoms with Crippen molar-refractivity contribution >= 4 is 27.3 Å². The van der Waals surface area contributed by atoms with E-state index in [0.717, 1.165) is 16.7 Å². The molecule has 2 N–H and O–H groups in total. The highest BCUT2D eigenvalue weighted by molar-refractivity contribution is 7.92. The van der Waals surface area contributed by atoms with Gasteiger partial charge in [-0.3, -0.25) is 9.52 Å². The summed E-state index contributed by atoms with van der Waals surface area (Å²) in [6.07, 6.45) is 0.227. The number of benzene rings is 4. The molecule has 0 fully saturated rings. The van der Waals surface area contributed by atoms with Gasteiger partial charge in [0.05, 0.1) is 11.3 Å². The van der Waals surface area contributed by atoms with E-state index in [4.69, 9.17) is 0 Å². The van der Waals surface area contributed by atoms with Crippen molar-refractivity contribution in [3.8, 4) is 11.1 Å². The minimum Gasteiger partial charge on any atom is -0.326 e. The van der Waals surface area contributed by atoms with E-state index in [2.05, 4.69) is 10.0 Å². The molecule has 6 heteroatoms. The van der Waals surface area contributed by atoms with Crippen LogP contribution in [0.4, 0.5) is 11.4 Å². The number of rotatable bonds is 7. The van der Waals surface area contributed by atoms with Gasteiger partial charge in [-0.15, -0.1) is 0 Å². The molecule has 4 aromatic rings. The molecule has 0 saturated heterocycles. The van der Waals surface area contributed by atoms with Crippen LogP contribution in [-0.2, 0) is 21.2 Å². The first-order valence-corrected chi connectivity index (χ1v) is 11.6. The Hall–Kier alpha value is -3.90. The number of hydrogen-bond acceptors (Lipinski definition) is 3. The second-order valence-electron chi connectivity index (χ2n) is 7.28. The zero-order valence-electron chi connectivity index (χ0n) is 17.2. The molecule has 5 nitrogen and oxygen atoms in total. The van der Waals surface area contributed by atoms with Crippen LogP contribution >= 0.6 is 0 Å². The highest BCUT2D eigenvalue weighted by atomic mass is 32.2. The summed E-state index contributed by atoms with van der Waals surface area (Å²) >= 11 is 0. The molecule has 0 aliphatic rings. The summed E-state index contributed by atoms with van der Waals surface area (Å²) in [4.78, 5) is 12.5. The predicted molar refractivity (Wildman–Crippen MR) is 128 cm³/mol. The molecule has 0 unspecified atom stereocenters. The van der Waals surface area contributed by atoms with E-state index in [9.17, 15) is 13.2 Å². The molecule has 0 atom stereocenters. The van der Waals surface area contributed by atoms with Crippen LogP contribution in [0.15, 0.2) is 114 Å². The van der Waals surface area contributed by atoms with E-state index in [1.165, 1.54) is 12.1 Å². The molecule has 0 heterocycles. The zero-order valence-corrected chi connectivity index (χ0v) is 18.0. The van der Waals surface area contributed by atoms with Gasteiger partial charge in [-0.05, 0) is 53.1 Å². The summed E-state index contributed by atoms with van der Waals surface area (Å²) in [5.74, 6) is -0.171. The van der Waals surface area contributed by atoms with Gasteiger partial charge in [-0.2, -0.15) is 0 Å². The van der Waals surface area contributed by atoms with Gasteiger partial charge in [0.2, 0.25) is 5.91 Å². The Morgan fingerprint density at radius 2 is 1.19 bits per heavy atom. The third kappa shape index (κ3) is 5.42. The van der Waals surface area contributed by atoms with Gasteiger partial charge in [-0.1, -0.05) is 72.8 Å². The summed E-state index contributed by atoms with van der Waals surface area (Å²) < 4.78 is 27.5. The van der Waals surface area contributed by atoms with E-state index < -0.39 is 10.0 Å². The molecule has 0 bridgehead atoms. The number of anilines is 2. The van der Waals surface area contributed by atoms with Gasteiger partial charge in [0.15, 0.2) is 0 Å². The van der Waals surface area contributed by atoms with Gasteiger partial charge in [0.25, 0.3) is 10.0 Å². The minimum absolute atomic E-state index is 0.121. The van der Waals surface area contributed by atoms with Crippen LogP contribution in [0.5, 0.6) is 0 Å². The molecule has 0 spiro atoms. The number of carbonyl (C=O) groups excluding carboxylic acids is 1. The van der Waals surface area contributed by atoms with Crippen molar-refractivity contribution in [3.05, 3.63) is 115 Å². The number of hydrogen-bond donors (Lipinski definition) is 2. The molecule has 0 aliphatic heterocycles. The van der Waals surface area contributed by atoms with Crippen LogP contribution in [-0.4, -0.2) is 14.3 Å². The van der Waals surface area contributed by atoms with E-state index in [1.807, 2.05) is 60.7 Å². The summed E-state index contributed by atoms with van der Waals surface area (Å²) in [7, 11) is -3.70. The smallest absolute Gasteiger partial charge is 0.261 e. The van der Waals surface area contributed by atoms with Crippen molar-refractivity contribution in [3.63, 3.8) is 0 Å². The Bertz CT molecular complexity index is 1290. The topological polar surface area (TPSA) is 75.3 Å². The molecule has 0 radical (unpaired) electrons. The van der Waals surface area contributed by atoms with E-state index in [-0.39, 0.29) is 17.2 Å². The standard InChI is InChI=1S/C26H22N2O3S/c29-26(19-20-11-13-22(14-12-20)21-7-3-1-4-8-21)27-23-15-17-25(18-16-23)32(30,31)28-24-9-5-2-6-10-24/h1-18,28H,19H2,(H,27,29). The van der Waals surface area contributed by atoms with Crippen molar-refractivity contribution in [2.75, 3.05) is 10.0 Å². The summed E-state index contributed by atoms with van der Waals surface area (Å²) in [6.45, 7) is 0. The van der Waals surface area contributed by atoms with Gasteiger partial charge < -0.3 is 5.32 Å². The summed E-state index contributed by atoms with van der Waals surface area (Å²) in [5, 5.41) is 2.81. The fourth-order valence-corrected chi connectivity index (χ4v) is 4.33. The molecule has 0 aliphatic carbocycles. The third-order valence-corrected chi connectivity index (χ3v) is 6.30. The highest BCUT2D eigenvalue weighted by Crippen LogP contribution is 2.20. The summed E-state index contributed by atoms with van der Waals surface area (Å²) in [6, 6.07) is 32.7. The van der Waals surface area contributed by atoms with Crippen molar-refractivity contribution < 1.29 is 13.2 Å². The fraction of sp³-hybridized carbons (Fsp3) is 0.0385. The molecule has 32 heavy (non-hydrogen) atoms. The number of carbonyl (C=O) groups is 1. The average Bonchev–Trinajstić information content (AvgIpc) is 2.81. The number of sulfonamides is 1. The first-order chi connectivity index (χ1) is 15.5. The monoisotopic (exact) mass is 442 g/mol. The zero-order chi connectivity index (χ0) is 22.4. The fourth-order valence-electron chi connectivity index (χ4n) is 3.27. The Morgan fingerprint density at radius 1 is 0.625 bits per heavy atom. The quantitative estimate of drug-likeness (QED) is 0.406. The SMILES string of the molecule is O=C(Cc1ccc(-c2ccccc2)cc1)Nc1ccc(S(=O)(=O)Nc2ccccc2)cc1. The van der Waals surface area contributed by atoms with Crippen LogP contribution in [0.2, 0.25) is 0 Å². The number of nitrogens with one attached hydrogen (secondary N) is 2. The van der Waals surface area contributed by atoms with Crippen molar-refractivity contribution in [1.82, 2.24) is 0 Å².